The quantitative estimate of drug-likeness (QED) is 0.324. The number of carbonyl (C=O) groups is 1. The number of halogens is 1. The van der Waals surface area contributed by atoms with Gasteiger partial charge < -0.3 is 15.7 Å². The number of H-pyrrole nitrogens is 1. The van der Waals surface area contributed by atoms with E-state index < -0.39 is 5.82 Å². The molecule has 0 aromatic carbocycles. The minimum Gasteiger partial charge on any atom is -0.393 e. The molecule has 1 atom stereocenters. The van der Waals surface area contributed by atoms with Crippen molar-refractivity contribution in [2.45, 2.75) is 45.8 Å². The zero-order valence-electron chi connectivity index (χ0n) is 20.3. The number of nitrogens with zero attached hydrogens (tertiary/aromatic N) is 5. The number of rotatable bonds is 6. The van der Waals surface area contributed by atoms with E-state index in [0.29, 0.717) is 18.7 Å². The predicted octanol–water partition coefficient (Wildman–Crippen LogP) is 3.52. The van der Waals surface area contributed by atoms with Crippen molar-refractivity contribution in [2.75, 3.05) is 5.32 Å². The fourth-order valence-corrected chi connectivity index (χ4v) is 3.65. The summed E-state index contributed by atoms with van der Waals surface area (Å²) in [5.41, 5.74) is 3.06. The summed E-state index contributed by atoms with van der Waals surface area (Å²) in [5.74, 6) is 1.55. The molecule has 1 unspecified atom stereocenters. The Balaban J connectivity index is 0.000000187. The van der Waals surface area contributed by atoms with Gasteiger partial charge in [0.1, 0.15) is 5.82 Å². The standard InChI is InChI=1S/C15H17FN4O2.C10H12N4/c1-9(19-15(22)11-4-13(21)5-11)10-2-3-14(17-6-10)20-8-12(16)7-18-20;1-7-3-4-11-9(5-7)12-10-6-8(2)13-14-10/h2-3,6-9,11,13,21H,4-5H2,1H3,(H,19,22);3-6H,1-2H3,(H2,11,12,13,14). The molecule has 4 heterocycles. The Morgan fingerprint density at radius 3 is 2.56 bits per heavy atom. The van der Waals surface area contributed by atoms with Crippen molar-refractivity contribution in [1.82, 2.24) is 35.3 Å². The number of aliphatic hydroxyl groups is 1. The molecule has 188 valence electrons. The van der Waals surface area contributed by atoms with Crippen LogP contribution in [0.15, 0.2) is 55.1 Å². The van der Waals surface area contributed by atoms with Crippen molar-refractivity contribution < 1.29 is 14.3 Å². The Bertz CT molecular complexity index is 1300. The normalized spacial score (nSPS) is 17.4. The van der Waals surface area contributed by atoms with Crippen molar-refractivity contribution in [3.8, 4) is 5.82 Å². The number of hydrogen-bond donors (Lipinski definition) is 4. The maximum atomic E-state index is 12.9. The second kappa shape index (κ2) is 11.1. The second-order valence-electron chi connectivity index (χ2n) is 8.88. The lowest BCUT2D eigenvalue weighted by Crippen LogP contribution is -2.41. The highest BCUT2D eigenvalue weighted by Gasteiger charge is 2.33. The molecule has 4 aromatic rings. The summed E-state index contributed by atoms with van der Waals surface area (Å²) >= 11 is 0. The molecule has 0 saturated heterocycles. The van der Waals surface area contributed by atoms with E-state index >= 15 is 0 Å². The van der Waals surface area contributed by atoms with Crippen LogP contribution in [0.4, 0.5) is 16.0 Å². The van der Waals surface area contributed by atoms with E-state index in [0.717, 1.165) is 29.1 Å². The monoisotopic (exact) mass is 492 g/mol. The van der Waals surface area contributed by atoms with Crippen LogP contribution < -0.4 is 10.6 Å². The van der Waals surface area contributed by atoms with Crippen LogP contribution in [0.5, 0.6) is 0 Å². The molecule has 0 aliphatic heterocycles. The maximum absolute atomic E-state index is 12.9. The van der Waals surface area contributed by atoms with Crippen LogP contribution in [0, 0.1) is 25.6 Å². The van der Waals surface area contributed by atoms with Crippen molar-refractivity contribution >= 4 is 17.5 Å². The third kappa shape index (κ3) is 6.51. The molecule has 0 spiro atoms. The number of aromatic nitrogens is 6. The van der Waals surface area contributed by atoms with Crippen molar-refractivity contribution in [2.24, 2.45) is 5.92 Å². The molecule has 1 saturated carbocycles. The molecule has 11 heteroatoms. The van der Waals surface area contributed by atoms with Gasteiger partial charge in [0, 0.05) is 30.1 Å². The highest BCUT2D eigenvalue weighted by atomic mass is 19.1. The van der Waals surface area contributed by atoms with Gasteiger partial charge in [0.15, 0.2) is 17.5 Å². The maximum Gasteiger partial charge on any atom is 0.223 e. The molecule has 1 aliphatic rings. The van der Waals surface area contributed by atoms with Gasteiger partial charge in [-0.3, -0.25) is 9.89 Å². The predicted molar refractivity (Wildman–Crippen MR) is 132 cm³/mol. The lowest BCUT2D eigenvalue weighted by Gasteiger charge is -2.31. The van der Waals surface area contributed by atoms with Gasteiger partial charge in [-0.15, -0.1) is 0 Å². The van der Waals surface area contributed by atoms with Gasteiger partial charge in [0.05, 0.1) is 24.5 Å². The average Bonchev–Trinajstić information content (AvgIpc) is 3.45. The third-order valence-corrected chi connectivity index (χ3v) is 5.78. The Morgan fingerprint density at radius 1 is 1.17 bits per heavy atom. The average molecular weight is 493 g/mol. The van der Waals surface area contributed by atoms with Gasteiger partial charge in [-0.25, -0.2) is 19.0 Å². The molecule has 1 fully saturated rings. The molecule has 4 aromatic heterocycles. The molecule has 0 bridgehead atoms. The number of aliphatic hydroxyl groups excluding tert-OH is 1. The van der Waals surface area contributed by atoms with Gasteiger partial charge in [-0.05, 0) is 62.9 Å². The summed E-state index contributed by atoms with van der Waals surface area (Å²) in [6.07, 6.45) is 6.48. The Kier molecular flexibility index (Phi) is 7.69. The number of hydrogen-bond acceptors (Lipinski definition) is 7. The topological polar surface area (TPSA) is 134 Å². The second-order valence-corrected chi connectivity index (χ2v) is 8.88. The van der Waals surface area contributed by atoms with Gasteiger partial charge in [-0.1, -0.05) is 6.07 Å². The smallest absolute Gasteiger partial charge is 0.223 e. The van der Waals surface area contributed by atoms with Crippen molar-refractivity contribution in [3.05, 3.63) is 77.8 Å². The minimum atomic E-state index is -0.422. The molecule has 10 nitrogen and oxygen atoms in total. The first-order chi connectivity index (χ1) is 17.3. The van der Waals surface area contributed by atoms with Crippen molar-refractivity contribution in [1.29, 1.82) is 0 Å². The van der Waals surface area contributed by atoms with Gasteiger partial charge in [0.25, 0.3) is 0 Å². The van der Waals surface area contributed by atoms with Crippen LogP contribution in [0.25, 0.3) is 5.82 Å². The Hall–Kier alpha value is -4.12. The van der Waals surface area contributed by atoms with E-state index in [2.05, 4.69) is 35.9 Å². The van der Waals surface area contributed by atoms with E-state index in [1.807, 2.05) is 45.0 Å². The summed E-state index contributed by atoms with van der Waals surface area (Å²) in [6, 6.07) is 9.23. The van der Waals surface area contributed by atoms with Crippen LogP contribution >= 0.6 is 0 Å². The number of nitrogens with one attached hydrogen (secondary N) is 3. The highest BCUT2D eigenvalue weighted by Crippen LogP contribution is 2.28. The van der Waals surface area contributed by atoms with Gasteiger partial charge in [0.2, 0.25) is 5.91 Å². The Morgan fingerprint density at radius 2 is 1.97 bits per heavy atom. The lowest BCUT2D eigenvalue weighted by atomic mass is 9.81. The lowest BCUT2D eigenvalue weighted by molar-refractivity contribution is -0.132. The number of carbonyl (C=O) groups excluding carboxylic acids is 1. The molecular weight excluding hydrogens is 463 g/mol. The van der Waals surface area contributed by atoms with E-state index in [1.165, 1.54) is 16.4 Å². The summed E-state index contributed by atoms with van der Waals surface area (Å²) < 4.78 is 14.3. The first-order valence-corrected chi connectivity index (χ1v) is 11.6. The van der Waals surface area contributed by atoms with Gasteiger partial charge >= 0.3 is 0 Å². The summed E-state index contributed by atoms with van der Waals surface area (Å²) in [7, 11) is 0. The SMILES string of the molecule is CC(NC(=O)C1CC(O)C1)c1ccc(-n2cc(F)cn2)nc1.Cc1ccnc(Nc2cc(C)[nH]n2)c1. The number of amides is 1. The molecule has 0 radical (unpaired) electrons. The Labute approximate surface area is 208 Å². The van der Waals surface area contributed by atoms with Crippen LogP contribution in [0.1, 0.15) is 42.6 Å². The van der Waals surface area contributed by atoms with E-state index in [-0.39, 0.29) is 24.0 Å². The fourth-order valence-electron chi connectivity index (χ4n) is 3.65. The first kappa shape index (κ1) is 25.0. The molecular formula is C25H29FN8O2. The van der Waals surface area contributed by atoms with E-state index in [9.17, 15) is 14.3 Å². The first-order valence-electron chi connectivity index (χ1n) is 11.6. The summed E-state index contributed by atoms with van der Waals surface area (Å²) in [5, 5.41) is 26.0. The van der Waals surface area contributed by atoms with E-state index in [4.69, 9.17) is 0 Å². The number of anilines is 2. The summed E-state index contributed by atoms with van der Waals surface area (Å²) in [6.45, 7) is 5.86. The molecule has 36 heavy (non-hydrogen) atoms. The number of pyridine rings is 2. The van der Waals surface area contributed by atoms with Gasteiger partial charge in [-0.2, -0.15) is 10.2 Å². The molecule has 4 N–H and O–H groups in total. The van der Waals surface area contributed by atoms with Crippen LogP contribution in [0.3, 0.4) is 0 Å². The molecule has 1 amide bonds. The highest BCUT2D eigenvalue weighted by molar-refractivity contribution is 5.80. The number of aromatic amines is 1. The molecule has 5 rings (SSSR count). The summed E-state index contributed by atoms with van der Waals surface area (Å²) in [4.78, 5) is 20.4. The minimum absolute atomic E-state index is 0.0453. The zero-order chi connectivity index (χ0) is 25.7. The van der Waals surface area contributed by atoms with Crippen LogP contribution in [-0.4, -0.2) is 47.1 Å². The molecule has 1 aliphatic carbocycles. The zero-order valence-corrected chi connectivity index (χ0v) is 20.3. The van der Waals surface area contributed by atoms with Crippen LogP contribution in [-0.2, 0) is 4.79 Å². The van der Waals surface area contributed by atoms with Crippen molar-refractivity contribution in [3.63, 3.8) is 0 Å². The number of aryl methyl sites for hydroxylation is 2. The fraction of sp³-hybridized carbons (Fsp3) is 0.320. The van der Waals surface area contributed by atoms with E-state index in [1.54, 1.807) is 18.5 Å². The van der Waals surface area contributed by atoms with Crippen LogP contribution in [0.2, 0.25) is 0 Å². The third-order valence-electron chi connectivity index (χ3n) is 5.78. The largest absolute Gasteiger partial charge is 0.393 e.